The van der Waals surface area contributed by atoms with Gasteiger partial charge in [-0.25, -0.2) is 19.2 Å². The van der Waals surface area contributed by atoms with E-state index in [-0.39, 0.29) is 102 Å². The quantitative estimate of drug-likeness (QED) is 0.0289. The maximum Gasteiger partial charge on any atom is 0.377 e. The molecule has 14 heterocycles. The maximum absolute atomic E-state index is 11.5. The molecule has 14 rings (SSSR count). The number of rotatable bonds is 11. The molecule has 0 amide bonds. The fraction of sp³-hybridized carbons (Fsp3) is 0.312. The molecule has 121 heavy (non-hydrogen) atoms. The summed E-state index contributed by atoms with van der Waals surface area (Å²) < 4.78 is 58.8. The van der Waals surface area contributed by atoms with Crippen LogP contribution in [0.15, 0.2) is 109 Å². The fourth-order valence-corrected chi connectivity index (χ4v) is 10.4. The fourth-order valence-electron chi connectivity index (χ4n) is 10.2. The zero-order valence-corrected chi connectivity index (χ0v) is 67.9. The molecule has 0 aromatic carbocycles. The summed E-state index contributed by atoms with van der Waals surface area (Å²) in [5.74, 6) is 1.30. The smallest absolute Gasteiger partial charge is 0.377 e. The summed E-state index contributed by atoms with van der Waals surface area (Å²) in [6, 6.07) is 0. The molecule has 44 heteroatoms. The van der Waals surface area contributed by atoms with Crippen molar-refractivity contribution in [3.63, 3.8) is 0 Å². The molecular weight excluding hydrogens is 1670 g/mol. The summed E-state index contributed by atoms with van der Waals surface area (Å²) >= 11 is 2.90. The van der Waals surface area contributed by atoms with Gasteiger partial charge in [0.25, 0.3) is 5.76 Å². The van der Waals surface area contributed by atoms with Gasteiger partial charge in [0.2, 0.25) is 5.78 Å². The van der Waals surface area contributed by atoms with Crippen LogP contribution in [0.1, 0.15) is 108 Å². The van der Waals surface area contributed by atoms with E-state index in [1.807, 2.05) is 19.3 Å². The number of azide groups is 1. The lowest BCUT2D eigenvalue weighted by atomic mass is 10.1. The van der Waals surface area contributed by atoms with Crippen LogP contribution in [0, 0.1) is 34.6 Å². The van der Waals surface area contributed by atoms with Crippen LogP contribution in [0.25, 0.3) is 21.4 Å². The summed E-state index contributed by atoms with van der Waals surface area (Å²) in [5, 5.41) is 32.2. The molecule has 0 aliphatic carbocycles. The second kappa shape index (κ2) is 59.4. The Morgan fingerprint density at radius 1 is 0.488 bits per heavy atom. The Labute approximate surface area is 694 Å². The van der Waals surface area contributed by atoms with Gasteiger partial charge in [-0.05, 0) is 79.1 Å². The first kappa shape index (κ1) is 104. The average molecular weight is 1750 g/mol. The number of aliphatic hydroxyl groups is 1. The lowest BCUT2D eigenvalue weighted by Crippen LogP contribution is -2.15. The molecule has 0 bridgehead atoms. The van der Waals surface area contributed by atoms with Gasteiger partial charge in [0.15, 0.2) is 30.3 Å². The average Bonchev–Trinajstić information content (AvgIpc) is 1.65. The van der Waals surface area contributed by atoms with Gasteiger partial charge < -0.3 is 77.6 Å². The SMILES string of the molecule is COC(=O)CBr.COC(=O)COc1cncc(C)c1C(=O)OC.COC(=O)c1c(C)cncc1O.COC(=O)c1oc2cncc(C)c2c1O.Cc1cncc2c1C(=O)CO2.Cc1cncc2c1CCO2.NCc1cncc2c1CCO2.O=C=O.O=C=O.O=C=O.O=C=O.O=C=O.OCc1cncc2c1CCO2.[N-]=[N+]=NCc1cncc2c1CCO2. The summed E-state index contributed by atoms with van der Waals surface area (Å²) in [7, 11) is 6.36. The highest BCUT2D eigenvalue weighted by atomic mass is 79.9. The van der Waals surface area contributed by atoms with E-state index >= 15 is 0 Å². The molecule has 0 fully saturated rings. The van der Waals surface area contributed by atoms with Crippen molar-refractivity contribution in [2.24, 2.45) is 10.8 Å². The molecule has 5 aliphatic rings. The molecule has 640 valence electrons. The van der Waals surface area contributed by atoms with Crippen molar-refractivity contribution in [2.75, 3.05) is 80.5 Å². The number of aliphatic hydroxyl groups excluding tert-OH is 1. The highest BCUT2D eigenvalue weighted by molar-refractivity contribution is 9.09. The van der Waals surface area contributed by atoms with Crippen LogP contribution in [-0.4, -0.2) is 202 Å². The number of aromatic nitrogens is 8. The molecule has 9 aromatic rings. The first-order valence-corrected chi connectivity index (χ1v) is 35.3. The first-order valence-electron chi connectivity index (χ1n) is 34.1. The third kappa shape index (κ3) is 34.6. The molecule has 0 atom stereocenters. The van der Waals surface area contributed by atoms with Gasteiger partial charge in [-0.2, -0.15) is 47.9 Å². The zero-order chi connectivity index (χ0) is 90.8. The molecule has 5 aliphatic heterocycles. The number of Topliss-reactive ketones (excluding diaryl/α,β-unsaturated/α-hetero) is 1. The molecule has 0 saturated heterocycles. The Morgan fingerprint density at radius 2 is 0.884 bits per heavy atom. The minimum atomic E-state index is -0.705. The summed E-state index contributed by atoms with van der Waals surface area (Å²) in [5.41, 5.74) is 27.1. The molecule has 0 unspecified atom stereocenters. The maximum atomic E-state index is 11.5. The van der Waals surface area contributed by atoms with E-state index in [0.717, 1.165) is 101 Å². The number of nitrogens with two attached hydrogens (primary N) is 1. The normalized spacial score (nSPS) is 10.8. The van der Waals surface area contributed by atoms with Gasteiger partial charge in [0.05, 0.1) is 136 Å². The van der Waals surface area contributed by atoms with Crippen LogP contribution in [0.5, 0.6) is 46.0 Å². The summed E-state index contributed by atoms with van der Waals surface area (Å²) in [6.07, 6.45) is 30.9. The van der Waals surface area contributed by atoms with Crippen LogP contribution in [-0.2, 0) is 127 Å². The third-order valence-corrected chi connectivity index (χ3v) is 15.9. The van der Waals surface area contributed by atoms with E-state index in [9.17, 15) is 39.0 Å². The topological polar surface area (TPSA) is 626 Å². The molecule has 5 N–H and O–H groups in total. The molecule has 43 nitrogen and oxygen atoms in total. The van der Waals surface area contributed by atoms with Gasteiger partial charge in [0.1, 0.15) is 51.0 Å². The number of alkyl halides is 1. The number of fused-ring (bicyclic) bond motifs is 6. The van der Waals surface area contributed by atoms with Crippen LogP contribution in [0.2, 0.25) is 0 Å². The minimum absolute atomic E-state index is 0.0551. The number of pyridine rings is 8. The van der Waals surface area contributed by atoms with Crippen LogP contribution < -0.4 is 34.2 Å². The number of halogens is 1. The van der Waals surface area contributed by atoms with Crippen molar-refractivity contribution in [2.45, 2.75) is 80.0 Å². The lowest BCUT2D eigenvalue weighted by Gasteiger charge is -2.10. The molecule has 0 saturated carbocycles. The number of ether oxygens (including phenoxy) is 11. The summed E-state index contributed by atoms with van der Waals surface area (Å²) in [6.45, 7) is 12.9. The van der Waals surface area contributed by atoms with Crippen molar-refractivity contribution in [1.29, 1.82) is 0 Å². The van der Waals surface area contributed by atoms with E-state index in [0.29, 0.717) is 59.7 Å². The van der Waals surface area contributed by atoms with Crippen molar-refractivity contribution < 1.29 is 149 Å². The standard InChI is InChI=1S/C11H13NO5.C10H9NO4.C8H8N4O.C8H10N2O.C8H9NO3.C8H7NO2.C8H9NO2.C8H9NO.C3H5BrO2.5CO2/c1-7-4-12-5-8(10(7)11(14)16-3)17-6-9(13)15-2;1-5-3-11-4-6-7(5)8(12)9(15-6)10(13)14-2;9-12-11-4-6-3-10-5-8-7(6)1-2-13-8;9-3-6-4-10-5-8-7(6)1-2-11-8;1-5-3-9-4-6(10)7(5)8(11)12-2;1-5-2-9-3-7-8(5)6(10)4-11-7;10-5-6-3-9-4-8-7(6)1-2-11-8;1-6-4-9-5-8-7(6)2-3-10-8;1-6-3(5)2-4;5*2-1-3/h4-5H,6H2,1-3H3;3-4,12H,1-2H3;3,5H,1-2,4H2;4-5H,1-3,9H2;3-4,10H,1-2H3;2-3H,4H2,1H3;3-4,10H,1-2,5H2;4-5H,2-3H2,1H3;2H2,1H3;;;;;. The number of carbonyl (C=O) groups is 6. The first-order chi connectivity index (χ1) is 58.2. The number of furan rings is 1. The molecule has 0 spiro atoms. The largest absolute Gasteiger partial charge is 0.505 e. The Kier molecular flexibility index (Phi) is 51.0. The van der Waals surface area contributed by atoms with Crippen LogP contribution in [0.4, 0.5) is 0 Å². The number of esters is 5. The predicted octanol–water partition coefficient (Wildman–Crippen LogP) is 5.98. The van der Waals surface area contributed by atoms with E-state index in [1.54, 1.807) is 76.5 Å². The number of aryl methyl sites for hydroxylation is 5. The van der Waals surface area contributed by atoms with Gasteiger partial charge in [-0.1, -0.05) is 21.0 Å². The van der Waals surface area contributed by atoms with Gasteiger partial charge in [0, 0.05) is 115 Å². The second-order valence-corrected chi connectivity index (χ2v) is 23.3. The summed E-state index contributed by atoms with van der Waals surface area (Å²) in [4.78, 5) is 181. The van der Waals surface area contributed by atoms with E-state index in [2.05, 4.69) is 96.4 Å². The highest BCUT2D eigenvalue weighted by Crippen LogP contribution is 2.35. The Hall–Kier alpha value is -15.2. The number of nitrogens with zero attached hydrogens (tertiary/aromatic N) is 11. The minimum Gasteiger partial charge on any atom is -0.505 e. The Morgan fingerprint density at radius 3 is 1.32 bits per heavy atom. The van der Waals surface area contributed by atoms with Gasteiger partial charge in [-0.3, -0.25) is 49.5 Å². The van der Waals surface area contributed by atoms with Crippen LogP contribution in [0.3, 0.4) is 0 Å². The van der Waals surface area contributed by atoms with Crippen molar-refractivity contribution in [3.8, 4) is 46.0 Å². The Bertz CT molecular complexity index is 4980. The monoisotopic (exact) mass is 1750 g/mol. The number of hydrogen-bond acceptors (Lipinski definition) is 41. The van der Waals surface area contributed by atoms with Gasteiger partial charge >= 0.3 is 60.6 Å². The number of methoxy groups -OCH3 is 5. The van der Waals surface area contributed by atoms with E-state index in [4.69, 9.17) is 97.2 Å². The van der Waals surface area contributed by atoms with Crippen LogP contribution >= 0.6 is 15.9 Å². The zero-order valence-electron chi connectivity index (χ0n) is 66.3. The predicted molar refractivity (Wildman–Crippen MR) is 406 cm³/mol. The molecule has 9 aromatic heterocycles. The number of aromatic hydroxyl groups is 2. The second-order valence-electron chi connectivity index (χ2n) is 22.7. The van der Waals surface area contributed by atoms with Gasteiger partial charge in [-0.15, -0.1) is 0 Å². The number of carbonyl (C=O) groups excluding carboxylic acids is 16. The number of hydrogen-bond donors (Lipinski definition) is 4. The van der Waals surface area contributed by atoms with Crippen molar-refractivity contribution in [1.82, 2.24) is 39.9 Å². The van der Waals surface area contributed by atoms with Crippen molar-refractivity contribution in [3.05, 3.63) is 199 Å². The lowest BCUT2D eigenvalue weighted by molar-refractivity contribution is -0.193. The molecular formula is C77H79BrN12O31. The highest BCUT2D eigenvalue weighted by Gasteiger charge is 2.25. The number of ketones is 1. The van der Waals surface area contributed by atoms with Crippen molar-refractivity contribution >= 4 is 93.3 Å². The Balaban J connectivity index is 0.000000671. The van der Waals surface area contributed by atoms with E-state index < -0.39 is 23.9 Å². The third-order valence-electron chi connectivity index (χ3n) is 15.5. The molecule has 0 radical (unpaired) electrons. The van der Waals surface area contributed by atoms with E-state index in [1.165, 1.54) is 83.2 Å².